The number of phenols is 1. The van der Waals surface area contributed by atoms with E-state index in [0.29, 0.717) is 30.4 Å². The molecule has 1 fully saturated rings. The lowest BCUT2D eigenvalue weighted by Gasteiger charge is -2.32. The van der Waals surface area contributed by atoms with Crippen LogP contribution in [0.4, 0.5) is 0 Å². The monoisotopic (exact) mass is 505 g/mol. The molecule has 0 radical (unpaired) electrons. The smallest absolute Gasteiger partial charge is 0.233 e. The second-order valence-electron chi connectivity index (χ2n) is 6.56. The summed E-state index contributed by atoms with van der Waals surface area (Å²) in [6.07, 6.45) is 1.90. The Labute approximate surface area is 184 Å². The third-order valence-electron chi connectivity index (χ3n) is 4.61. The highest BCUT2D eigenvalue weighted by atomic mass is 127. The second kappa shape index (κ2) is 12.7. The van der Waals surface area contributed by atoms with E-state index in [0.717, 1.165) is 38.4 Å². The number of ether oxygens (including phenoxy) is 1. The Hall–Kier alpha value is -1.75. The zero-order chi connectivity index (χ0) is 19.6. The summed E-state index contributed by atoms with van der Waals surface area (Å²) >= 11 is 0. The van der Waals surface area contributed by atoms with Gasteiger partial charge in [-0.1, -0.05) is 0 Å². The Kier molecular flexibility index (Phi) is 11.0. The minimum absolute atomic E-state index is 0. The van der Waals surface area contributed by atoms with E-state index in [1.165, 1.54) is 0 Å². The van der Waals surface area contributed by atoms with Crippen molar-refractivity contribution in [1.82, 2.24) is 20.9 Å². The molecule has 0 atom stereocenters. The predicted octanol–water partition coefficient (Wildman–Crippen LogP) is 1.28. The van der Waals surface area contributed by atoms with Gasteiger partial charge in [0.1, 0.15) is 11.5 Å². The van der Waals surface area contributed by atoms with E-state index in [1.807, 2.05) is 6.92 Å². The number of hydrogen-bond acceptors (Lipinski definition) is 5. The quantitative estimate of drug-likeness (QED) is 0.253. The van der Waals surface area contributed by atoms with Gasteiger partial charge in [0.2, 0.25) is 5.91 Å². The standard InChI is InChI=1S/C19H31N5O3.HI/c1-4-21-19(22-12-14-11-16(27-3)5-6-17(14)25)23-15-7-9-24(10-8-15)13-18(26)20-2;/h5-6,11,15,25H,4,7-10,12-13H2,1-3H3,(H,20,26)(H2,21,22,23);1H. The van der Waals surface area contributed by atoms with Crippen molar-refractivity contribution < 1.29 is 14.6 Å². The number of halogens is 1. The molecule has 0 aliphatic carbocycles. The summed E-state index contributed by atoms with van der Waals surface area (Å²) in [5, 5.41) is 19.4. The average Bonchev–Trinajstić information content (AvgIpc) is 2.68. The number of carbonyl (C=O) groups is 1. The molecule has 1 aliphatic heterocycles. The molecule has 28 heavy (non-hydrogen) atoms. The number of methoxy groups -OCH3 is 1. The van der Waals surface area contributed by atoms with Crippen LogP contribution in [0.3, 0.4) is 0 Å². The van der Waals surface area contributed by atoms with E-state index in [-0.39, 0.29) is 35.6 Å². The van der Waals surface area contributed by atoms with Crippen molar-refractivity contribution in [2.75, 3.05) is 40.3 Å². The SMILES string of the molecule is CCNC(=NCc1cc(OC)ccc1O)NC1CCN(CC(=O)NC)CC1.I. The molecule has 0 unspecified atom stereocenters. The van der Waals surface area contributed by atoms with Crippen molar-refractivity contribution >= 4 is 35.8 Å². The van der Waals surface area contributed by atoms with Crippen molar-refractivity contribution in [3.8, 4) is 11.5 Å². The lowest BCUT2D eigenvalue weighted by molar-refractivity contribution is -0.122. The number of piperidine rings is 1. The van der Waals surface area contributed by atoms with Crippen LogP contribution >= 0.6 is 24.0 Å². The van der Waals surface area contributed by atoms with Gasteiger partial charge in [-0.15, -0.1) is 24.0 Å². The molecule has 9 heteroatoms. The van der Waals surface area contributed by atoms with Crippen LogP contribution in [0, 0.1) is 0 Å². The number of carbonyl (C=O) groups excluding carboxylic acids is 1. The van der Waals surface area contributed by atoms with Crippen LogP contribution in [-0.2, 0) is 11.3 Å². The van der Waals surface area contributed by atoms with Crippen LogP contribution in [0.5, 0.6) is 11.5 Å². The molecule has 0 bridgehead atoms. The van der Waals surface area contributed by atoms with Gasteiger partial charge in [-0.2, -0.15) is 0 Å². The van der Waals surface area contributed by atoms with Crippen LogP contribution in [-0.4, -0.2) is 68.3 Å². The van der Waals surface area contributed by atoms with Crippen molar-refractivity contribution in [3.05, 3.63) is 23.8 Å². The van der Waals surface area contributed by atoms with Gasteiger partial charge in [0, 0.05) is 38.3 Å². The maximum absolute atomic E-state index is 11.5. The number of aromatic hydroxyl groups is 1. The van der Waals surface area contributed by atoms with E-state index in [4.69, 9.17) is 4.74 Å². The number of hydrogen-bond donors (Lipinski definition) is 4. The van der Waals surface area contributed by atoms with Gasteiger partial charge in [-0.05, 0) is 38.0 Å². The summed E-state index contributed by atoms with van der Waals surface area (Å²) in [7, 11) is 3.26. The topological polar surface area (TPSA) is 98.2 Å². The fraction of sp³-hybridized carbons (Fsp3) is 0.579. The maximum atomic E-state index is 11.5. The van der Waals surface area contributed by atoms with Crippen molar-refractivity contribution in [1.29, 1.82) is 0 Å². The molecule has 1 aromatic carbocycles. The lowest BCUT2D eigenvalue weighted by Crippen LogP contribution is -2.50. The maximum Gasteiger partial charge on any atom is 0.233 e. The van der Waals surface area contributed by atoms with E-state index in [9.17, 15) is 9.90 Å². The number of likely N-dealkylation sites (N-methyl/N-ethyl adjacent to an activating group) is 1. The summed E-state index contributed by atoms with van der Waals surface area (Å²) in [6, 6.07) is 5.44. The molecular weight excluding hydrogens is 473 g/mol. The van der Waals surface area contributed by atoms with Gasteiger partial charge in [0.15, 0.2) is 5.96 Å². The van der Waals surface area contributed by atoms with Crippen LogP contribution in [0.1, 0.15) is 25.3 Å². The van der Waals surface area contributed by atoms with Crippen LogP contribution in [0.15, 0.2) is 23.2 Å². The van der Waals surface area contributed by atoms with E-state index >= 15 is 0 Å². The Morgan fingerprint density at radius 2 is 2.07 bits per heavy atom. The number of aliphatic imine (C=N–C) groups is 1. The largest absolute Gasteiger partial charge is 0.508 e. The fourth-order valence-electron chi connectivity index (χ4n) is 3.01. The highest BCUT2D eigenvalue weighted by molar-refractivity contribution is 14.0. The molecule has 0 aromatic heterocycles. The molecular formula is C19H32IN5O3. The minimum atomic E-state index is 0. The van der Waals surface area contributed by atoms with E-state index in [1.54, 1.807) is 32.4 Å². The van der Waals surface area contributed by atoms with Crippen LogP contribution in [0.25, 0.3) is 0 Å². The van der Waals surface area contributed by atoms with Crippen molar-refractivity contribution in [3.63, 3.8) is 0 Å². The van der Waals surface area contributed by atoms with Crippen LogP contribution < -0.4 is 20.7 Å². The first-order valence-corrected chi connectivity index (χ1v) is 9.39. The van der Waals surface area contributed by atoms with Crippen molar-refractivity contribution in [2.24, 2.45) is 4.99 Å². The Morgan fingerprint density at radius 3 is 2.68 bits per heavy atom. The first-order valence-electron chi connectivity index (χ1n) is 9.39. The zero-order valence-electron chi connectivity index (χ0n) is 16.8. The number of guanidine groups is 1. The zero-order valence-corrected chi connectivity index (χ0v) is 19.2. The highest BCUT2D eigenvalue weighted by Gasteiger charge is 2.21. The number of phenolic OH excluding ortho intramolecular Hbond substituents is 1. The molecule has 1 aliphatic rings. The molecule has 0 spiro atoms. The van der Waals surface area contributed by atoms with Crippen LogP contribution in [0.2, 0.25) is 0 Å². The number of nitrogens with one attached hydrogen (secondary N) is 3. The summed E-state index contributed by atoms with van der Waals surface area (Å²) in [4.78, 5) is 18.2. The third kappa shape index (κ3) is 7.70. The molecule has 1 saturated heterocycles. The minimum Gasteiger partial charge on any atom is -0.508 e. The molecule has 4 N–H and O–H groups in total. The van der Waals surface area contributed by atoms with Gasteiger partial charge >= 0.3 is 0 Å². The molecule has 1 aromatic rings. The third-order valence-corrected chi connectivity index (χ3v) is 4.61. The van der Waals surface area contributed by atoms with Crippen molar-refractivity contribution in [2.45, 2.75) is 32.4 Å². The Morgan fingerprint density at radius 1 is 1.36 bits per heavy atom. The normalized spacial score (nSPS) is 15.5. The first kappa shape index (κ1) is 24.3. The number of nitrogens with zero attached hydrogens (tertiary/aromatic N) is 2. The average molecular weight is 505 g/mol. The summed E-state index contributed by atoms with van der Waals surface area (Å²) < 4.78 is 5.21. The molecule has 8 nitrogen and oxygen atoms in total. The molecule has 1 amide bonds. The number of rotatable bonds is 7. The molecule has 2 rings (SSSR count). The summed E-state index contributed by atoms with van der Waals surface area (Å²) in [6.45, 7) is 5.33. The van der Waals surface area contributed by atoms with E-state index in [2.05, 4.69) is 25.8 Å². The van der Waals surface area contributed by atoms with Gasteiger partial charge < -0.3 is 25.8 Å². The lowest BCUT2D eigenvalue weighted by atomic mass is 10.1. The molecule has 158 valence electrons. The van der Waals surface area contributed by atoms with Gasteiger partial charge in [-0.25, -0.2) is 4.99 Å². The molecule has 1 heterocycles. The fourth-order valence-corrected chi connectivity index (χ4v) is 3.01. The predicted molar refractivity (Wildman–Crippen MR) is 122 cm³/mol. The molecule has 0 saturated carbocycles. The second-order valence-corrected chi connectivity index (χ2v) is 6.56. The van der Waals surface area contributed by atoms with Gasteiger partial charge in [0.05, 0.1) is 20.2 Å². The number of likely N-dealkylation sites (tertiary alicyclic amines) is 1. The van der Waals surface area contributed by atoms with Gasteiger partial charge in [-0.3, -0.25) is 9.69 Å². The summed E-state index contributed by atoms with van der Waals surface area (Å²) in [5.41, 5.74) is 0.715. The number of benzene rings is 1. The van der Waals surface area contributed by atoms with E-state index < -0.39 is 0 Å². The number of amides is 1. The summed E-state index contributed by atoms with van der Waals surface area (Å²) in [5.74, 6) is 1.68. The Bertz CT molecular complexity index is 648. The Balaban J connectivity index is 0.00000392. The van der Waals surface area contributed by atoms with Gasteiger partial charge in [0.25, 0.3) is 0 Å². The highest BCUT2D eigenvalue weighted by Crippen LogP contribution is 2.23. The first-order chi connectivity index (χ1) is 13.0.